The maximum Gasteiger partial charge on any atom is 0.407 e. The Morgan fingerprint density at radius 2 is 2.11 bits per heavy atom. The Morgan fingerprint density at radius 1 is 1.44 bits per heavy atom. The largest absolute Gasteiger partial charge is 0.617 e. The van der Waals surface area contributed by atoms with Crippen LogP contribution in [0.5, 0.6) is 0 Å². The van der Waals surface area contributed by atoms with Gasteiger partial charge in [0.05, 0.1) is 0 Å². The van der Waals surface area contributed by atoms with Crippen molar-refractivity contribution in [3.63, 3.8) is 0 Å². The van der Waals surface area contributed by atoms with Crippen molar-refractivity contribution in [3.05, 3.63) is 35.3 Å². The van der Waals surface area contributed by atoms with Crippen molar-refractivity contribution in [2.75, 3.05) is 0 Å². The molecule has 0 radical (unpaired) electrons. The van der Waals surface area contributed by atoms with Gasteiger partial charge in [-0.15, -0.1) is 9.12 Å². The molecule has 0 unspecified atom stereocenters. The lowest BCUT2D eigenvalue weighted by molar-refractivity contribution is -0.639. The highest BCUT2D eigenvalue weighted by Crippen LogP contribution is 1.95. The van der Waals surface area contributed by atoms with Crippen LogP contribution in [0.3, 0.4) is 0 Å². The van der Waals surface area contributed by atoms with Gasteiger partial charge in [-0.25, -0.2) is 0 Å². The topological polar surface area (TPSA) is 26.9 Å². The molecule has 0 aromatic carbocycles. The van der Waals surface area contributed by atoms with E-state index in [4.69, 9.17) is 0 Å². The average molecular weight is 131 g/mol. The number of hydrogen-bond donors (Lipinski definition) is 0. The maximum absolute atomic E-state index is 12.0. The van der Waals surface area contributed by atoms with Crippen LogP contribution >= 0.6 is 0 Å². The second-order valence-corrected chi connectivity index (χ2v) is 1.47. The number of pyridine rings is 1. The molecule has 1 rings (SSSR count). The summed E-state index contributed by atoms with van der Waals surface area (Å²) in [5, 5.41) is 10.1. The first-order chi connectivity index (χ1) is 4.22. The summed E-state index contributed by atoms with van der Waals surface area (Å²) < 4.78 is 23.8. The van der Waals surface area contributed by atoms with Gasteiger partial charge < -0.3 is 5.21 Å². The molecule has 0 saturated heterocycles. The van der Waals surface area contributed by atoms with Crippen LogP contribution in [-0.2, 0) is 0 Å². The lowest BCUT2D eigenvalue weighted by Crippen LogP contribution is -2.31. The van der Waals surface area contributed by atoms with Gasteiger partial charge in [-0.1, -0.05) is 0 Å². The summed E-state index contributed by atoms with van der Waals surface area (Å²) in [6, 6.07) is 2.01. The second-order valence-electron chi connectivity index (χ2n) is 1.47. The van der Waals surface area contributed by atoms with Crippen molar-refractivity contribution in [2.45, 2.75) is 0 Å². The maximum atomic E-state index is 12.0. The zero-order valence-corrected chi connectivity index (χ0v) is 4.34. The zero-order valence-electron chi connectivity index (χ0n) is 4.34. The van der Waals surface area contributed by atoms with Crippen molar-refractivity contribution in [3.8, 4) is 0 Å². The SMILES string of the molecule is [O-][n+]1cccc(F)c1F. The van der Waals surface area contributed by atoms with Crippen molar-refractivity contribution in [1.82, 2.24) is 0 Å². The summed E-state index contributed by atoms with van der Waals surface area (Å²) in [5.74, 6) is -2.52. The highest BCUT2D eigenvalue weighted by molar-refractivity contribution is 4.90. The van der Waals surface area contributed by atoms with Gasteiger partial charge in [-0.05, 0) is 6.07 Å². The van der Waals surface area contributed by atoms with Crippen LogP contribution in [-0.4, -0.2) is 0 Å². The van der Waals surface area contributed by atoms with Crippen LogP contribution < -0.4 is 4.73 Å². The van der Waals surface area contributed by atoms with Crippen molar-refractivity contribution in [1.29, 1.82) is 0 Å². The molecule has 0 amide bonds. The second kappa shape index (κ2) is 1.97. The molecule has 1 aromatic rings. The first-order valence-corrected chi connectivity index (χ1v) is 2.25. The van der Waals surface area contributed by atoms with Crippen LogP contribution in [0.15, 0.2) is 18.3 Å². The predicted octanol–water partition coefficient (Wildman–Crippen LogP) is 0.598. The highest BCUT2D eigenvalue weighted by atomic mass is 19.2. The van der Waals surface area contributed by atoms with E-state index in [1.807, 2.05) is 0 Å². The van der Waals surface area contributed by atoms with Crippen LogP contribution in [0.4, 0.5) is 8.78 Å². The summed E-state index contributed by atoms with van der Waals surface area (Å²) >= 11 is 0. The summed E-state index contributed by atoms with van der Waals surface area (Å²) in [4.78, 5) is 0. The summed E-state index contributed by atoms with van der Waals surface area (Å²) in [5.41, 5.74) is 0. The molecular formula is C5H3F2NO. The summed E-state index contributed by atoms with van der Waals surface area (Å²) in [6.45, 7) is 0. The van der Waals surface area contributed by atoms with Crippen LogP contribution in [0.25, 0.3) is 0 Å². The van der Waals surface area contributed by atoms with Crippen LogP contribution in [0, 0.1) is 17.0 Å². The Morgan fingerprint density at radius 3 is 2.56 bits per heavy atom. The Bertz CT molecular complexity index is 206. The quantitative estimate of drug-likeness (QED) is 0.287. The number of hydrogen-bond acceptors (Lipinski definition) is 1. The summed E-state index contributed by atoms with van der Waals surface area (Å²) in [7, 11) is 0. The molecule has 0 N–H and O–H groups in total. The molecule has 0 fully saturated rings. The van der Waals surface area contributed by atoms with E-state index in [0.29, 0.717) is 0 Å². The third-order valence-electron chi connectivity index (χ3n) is 0.855. The van der Waals surface area contributed by atoms with Crippen molar-refractivity contribution >= 4 is 0 Å². The van der Waals surface area contributed by atoms with Gasteiger partial charge in [-0.2, -0.15) is 4.39 Å². The van der Waals surface area contributed by atoms with Gasteiger partial charge in [-0.3, -0.25) is 0 Å². The number of nitrogens with zero attached hydrogens (tertiary/aromatic N) is 1. The van der Waals surface area contributed by atoms with E-state index < -0.39 is 11.8 Å². The molecule has 0 atom stereocenters. The minimum atomic E-state index is -1.39. The van der Waals surface area contributed by atoms with E-state index in [9.17, 15) is 14.0 Å². The Labute approximate surface area is 49.9 Å². The molecule has 48 valence electrons. The van der Waals surface area contributed by atoms with Gasteiger partial charge in [0.25, 0.3) is 0 Å². The number of halogens is 2. The van der Waals surface area contributed by atoms with E-state index in [2.05, 4.69) is 0 Å². The Balaban J connectivity index is 3.25. The van der Waals surface area contributed by atoms with Gasteiger partial charge in [0.1, 0.15) is 0 Å². The minimum absolute atomic E-state index is 0.171. The Kier molecular flexibility index (Phi) is 1.30. The van der Waals surface area contributed by atoms with E-state index in [0.717, 1.165) is 18.3 Å². The zero-order chi connectivity index (χ0) is 6.85. The number of rotatable bonds is 0. The van der Waals surface area contributed by atoms with Crippen LogP contribution in [0.1, 0.15) is 0 Å². The monoisotopic (exact) mass is 131 g/mol. The first-order valence-electron chi connectivity index (χ1n) is 2.25. The third-order valence-corrected chi connectivity index (χ3v) is 0.855. The van der Waals surface area contributed by atoms with E-state index in [-0.39, 0.29) is 4.73 Å². The molecule has 0 bridgehead atoms. The smallest absolute Gasteiger partial charge is 0.407 e. The van der Waals surface area contributed by atoms with Gasteiger partial charge >= 0.3 is 5.95 Å². The van der Waals surface area contributed by atoms with Crippen molar-refractivity contribution < 1.29 is 13.5 Å². The minimum Gasteiger partial charge on any atom is -0.617 e. The van der Waals surface area contributed by atoms with E-state index in [1.54, 1.807) is 0 Å². The normalized spacial score (nSPS) is 9.56. The van der Waals surface area contributed by atoms with Gasteiger partial charge in [0.15, 0.2) is 6.20 Å². The fraction of sp³-hybridized carbons (Fsp3) is 0. The molecule has 2 nitrogen and oxygen atoms in total. The fourth-order valence-corrected chi connectivity index (χ4v) is 0.445. The lowest BCUT2D eigenvalue weighted by atomic mass is 10.5. The van der Waals surface area contributed by atoms with E-state index >= 15 is 0 Å². The van der Waals surface area contributed by atoms with Crippen molar-refractivity contribution in [2.24, 2.45) is 0 Å². The first kappa shape index (κ1) is 5.94. The molecule has 1 aromatic heterocycles. The van der Waals surface area contributed by atoms with E-state index in [1.165, 1.54) is 0 Å². The molecule has 0 spiro atoms. The number of aromatic nitrogens is 1. The Hall–Kier alpha value is -1.19. The molecular weight excluding hydrogens is 128 g/mol. The van der Waals surface area contributed by atoms with Gasteiger partial charge in [0, 0.05) is 6.07 Å². The molecule has 1 heterocycles. The molecule has 0 saturated carbocycles. The molecule has 4 heteroatoms. The molecule has 0 aliphatic heterocycles. The molecule has 9 heavy (non-hydrogen) atoms. The van der Waals surface area contributed by atoms with Gasteiger partial charge in [0.2, 0.25) is 5.82 Å². The third kappa shape index (κ3) is 0.960. The molecule has 0 aliphatic carbocycles. The summed E-state index contributed by atoms with van der Waals surface area (Å²) in [6.07, 6.45) is 0.887. The predicted molar refractivity (Wildman–Crippen MR) is 25.3 cm³/mol. The lowest BCUT2D eigenvalue weighted by Gasteiger charge is -1.93. The molecule has 0 aliphatic rings. The standard InChI is InChI=1S/C5H3F2NO/c6-4-2-1-3-8(9)5(4)7/h1-3H. The fourth-order valence-electron chi connectivity index (χ4n) is 0.445. The van der Waals surface area contributed by atoms with Crippen LogP contribution in [0.2, 0.25) is 0 Å². The average Bonchev–Trinajstić information content (AvgIpc) is 1.83. The highest BCUT2D eigenvalue weighted by Gasteiger charge is 2.08.